The Labute approximate surface area is 116 Å². The summed E-state index contributed by atoms with van der Waals surface area (Å²) in [5.74, 6) is 0.728. The van der Waals surface area contributed by atoms with Gasteiger partial charge in [0, 0.05) is 28.4 Å². The van der Waals surface area contributed by atoms with Crippen molar-refractivity contribution in [2.24, 2.45) is 11.7 Å². The van der Waals surface area contributed by atoms with Crippen LogP contribution >= 0.6 is 11.3 Å². The second-order valence-corrected chi connectivity index (χ2v) is 7.22. The molecular weight excluding hydrogens is 240 g/mol. The zero-order valence-corrected chi connectivity index (χ0v) is 13.5. The Morgan fingerprint density at radius 3 is 2.28 bits per heavy atom. The third-order valence-corrected chi connectivity index (χ3v) is 4.64. The second kappa shape index (κ2) is 6.69. The zero-order chi connectivity index (χ0) is 13.9. The van der Waals surface area contributed by atoms with Gasteiger partial charge >= 0.3 is 0 Å². The summed E-state index contributed by atoms with van der Waals surface area (Å²) in [6, 6.07) is 3.22. The summed E-state index contributed by atoms with van der Waals surface area (Å²) >= 11 is 1.87. The van der Waals surface area contributed by atoms with E-state index in [0.29, 0.717) is 18.6 Å². The standard InChI is InChI=1S/C15H28N2S/c1-10(2)7-11(3)17(6)15(9-16)14-8-12(4)18-13(14)5/h8,10-11,15H,7,9,16H2,1-6H3. The summed E-state index contributed by atoms with van der Waals surface area (Å²) in [7, 11) is 2.21. The van der Waals surface area contributed by atoms with Crippen LogP contribution in [0.1, 0.15) is 48.6 Å². The van der Waals surface area contributed by atoms with E-state index in [9.17, 15) is 0 Å². The third kappa shape index (κ3) is 3.81. The highest BCUT2D eigenvalue weighted by Crippen LogP contribution is 2.30. The molecule has 0 bridgehead atoms. The smallest absolute Gasteiger partial charge is 0.0481 e. The highest BCUT2D eigenvalue weighted by Gasteiger charge is 2.23. The van der Waals surface area contributed by atoms with E-state index in [1.54, 1.807) is 0 Å². The van der Waals surface area contributed by atoms with Crippen molar-refractivity contribution in [1.29, 1.82) is 0 Å². The highest BCUT2D eigenvalue weighted by atomic mass is 32.1. The molecule has 2 atom stereocenters. The van der Waals surface area contributed by atoms with Crippen molar-refractivity contribution in [3.8, 4) is 0 Å². The van der Waals surface area contributed by atoms with Crippen molar-refractivity contribution in [3.63, 3.8) is 0 Å². The van der Waals surface area contributed by atoms with Crippen LogP contribution in [0.3, 0.4) is 0 Å². The van der Waals surface area contributed by atoms with E-state index in [4.69, 9.17) is 5.73 Å². The summed E-state index contributed by atoms with van der Waals surface area (Å²) < 4.78 is 0. The number of hydrogen-bond acceptors (Lipinski definition) is 3. The van der Waals surface area contributed by atoms with E-state index in [0.717, 1.165) is 5.92 Å². The predicted molar refractivity (Wildman–Crippen MR) is 82.3 cm³/mol. The maximum Gasteiger partial charge on any atom is 0.0481 e. The molecule has 0 spiro atoms. The normalized spacial score (nSPS) is 15.4. The molecular formula is C15H28N2S. The fraction of sp³-hybridized carbons (Fsp3) is 0.733. The van der Waals surface area contributed by atoms with Crippen LogP contribution in [0.2, 0.25) is 0 Å². The molecule has 0 saturated carbocycles. The summed E-state index contributed by atoms with van der Waals surface area (Å²) in [4.78, 5) is 5.23. The Bertz CT molecular complexity index is 371. The van der Waals surface area contributed by atoms with E-state index >= 15 is 0 Å². The number of nitrogens with two attached hydrogens (primary N) is 1. The summed E-state index contributed by atoms with van der Waals surface area (Å²) in [6.45, 7) is 11.9. The van der Waals surface area contributed by atoms with Gasteiger partial charge in [0.2, 0.25) is 0 Å². The molecule has 1 rings (SSSR count). The molecule has 1 aromatic rings. The first-order valence-electron chi connectivity index (χ1n) is 6.85. The second-order valence-electron chi connectivity index (χ2n) is 5.76. The zero-order valence-electron chi connectivity index (χ0n) is 12.7. The first-order chi connectivity index (χ1) is 8.36. The fourth-order valence-electron chi connectivity index (χ4n) is 2.65. The average molecular weight is 268 g/mol. The Hall–Kier alpha value is -0.380. The topological polar surface area (TPSA) is 29.3 Å². The lowest BCUT2D eigenvalue weighted by Gasteiger charge is -2.33. The molecule has 1 aromatic heterocycles. The van der Waals surface area contributed by atoms with E-state index in [1.165, 1.54) is 21.7 Å². The lowest BCUT2D eigenvalue weighted by molar-refractivity contribution is 0.168. The molecule has 0 aliphatic heterocycles. The predicted octanol–water partition coefficient (Wildman–Crippen LogP) is 3.73. The number of rotatable bonds is 6. The molecule has 2 N–H and O–H groups in total. The Kier molecular flexibility index (Phi) is 5.83. The quantitative estimate of drug-likeness (QED) is 0.852. The van der Waals surface area contributed by atoms with Crippen molar-refractivity contribution in [1.82, 2.24) is 4.90 Å². The molecule has 0 amide bonds. The number of likely N-dealkylation sites (N-methyl/N-ethyl adjacent to an activating group) is 1. The van der Waals surface area contributed by atoms with Crippen LogP contribution in [0.25, 0.3) is 0 Å². The van der Waals surface area contributed by atoms with Crippen LogP contribution < -0.4 is 5.73 Å². The molecule has 104 valence electrons. The maximum atomic E-state index is 6.02. The molecule has 2 nitrogen and oxygen atoms in total. The molecule has 0 aromatic carbocycles. The molecule has 0 aliphatic carbocycles. The molecule has 2 unspecified atom stereocenters. The Morgan fingerprint density at radius 1 is 1.28 bits per heavy atom. The fourth-order valence-corrected chi connectivity index (χ4v) is 3.63. The summed E-state index contributed by atoms with van der Waals surface area (Å²) in [6.07, 6.45) is 1.22. The van der Waals surface area contributed by atoms with Gasteiger partial charge in [-0.25, -0.2) is 0 Å². The first kappa shape index (κ1) is 15.7. The molecule has 0 radical (unpaired) electrons. The Balaban J connectivity index is 2.86. The summed E-state index contributed by atoms with van der Waals surface area (Å²) in [5.41, 5.74) is 7.43. The van der Waals surface area contributed by atoms with Gasteiger partial charge in [-0.3, -0.25) is 4.90 Å². The van der Waals surface area contributed by atoms with Crippen molar-refractivity contribution < 1.29 is 0 Å². The van der Waals surface area contributed by atoms with Gasteiger partial charge in [0.15, 0.2) is 0 Å². The van der Waals surface area contributed by atoms with Crippen molar-refractivity contribution in [2.45, 2.75) is 53.1 Å². The molecule has 1 heterocycles. The van der Waals surface area contributed by atoms with Crippen LogP contribution in [0, 0.1) is 19.8 Å². The highest BCUT2D eigenvalue weighted by molar-refractivity contribution is 7.12. The van der Waals surface area contributed by atoms with Crippen molar-refractivity contribution >= 4 is 11.3 Å². The lowest BCUT2D eigenvalue weighted by Crippen LogP contribution is -2.37. The average Bonchev–Trinajstić information content (AvgIpc) is 2.58. The molecule has 0 fully saturated rings. The molecule has 18 heavy (non-hydrogen) atoms. The number of thiophene rings is 1. The summed E-state index contributed by atoms with van der Waals surface area (Å²) in [5, 5.41) is 0. The molecule has 3 heteroatoms. The lowest BCUT2D eigenvalue weighted by atomic mass is 10.00. The molecule has 0 aliphatic rings. The van der Waals surface area contributed by atoms with Gasteiger partial charge in [0.25, 0.3) is 0 Å². The van der Waals surface area contributed by atoms with E-state index in [-0.39, 0.29) is 0 Å². The van der Waals surface area contributed by atoms with Gasteiger partial charge < -0.3 is 5.73 Å². The van der Waals surface area contributed by atoms with Gasteiger partial charge in [0.1, 0.15) is 0 Å². The molecule has 0 saturated heterocycles. The van der Waals surface area contributed by atoms with Gasteiger partial charge in [-0.15, -0.1) is 11.3 Å². The largest absolute Gasteiger partial charge is 0.329 e. The minimum atomic E-state index is 0.351. The maximum absolute atomic E-state index is 6.02. The van der Waals surface area contributed by atoms with Gasteiger partial charge in [-0.05, 0) is 51.8 Å². The van der Waals surface area contributed by atoms with Crippen LogP contribution in [-0.2, 0) is 0 Å². The van der Waals surface area contributed by atoms with Gasteiger partial charge in [0.05, 0.1) is 0 Å². The van der Waals surface area contributed by atoms with E-state index in [1.807, 2.05) is 11.3 Å². The monoisotopic (exact) mass is 268 g/mol. The number of nitrogens with zero attached hydrogens (tertiary/aromatic N) is 1. The van der Waals surface area contributed by atoms with Crippen LogP contribution in [-0.4, -0.2) is 24.5 Å². The number of aryl methyl sites for hydroxylation is 2. The minimum Gasteiger partial charge on any atom is -0.329 e. The third-order valence-electron chi connectivity index (χ3n) is 3.66. The van der Waals surface area contributed by atoms with Crippen molar-refractivity contribution in [2.75, 3.05) is 13.6 Å². The SMILES string of the molecule is Cc1cc(C(CN)N(C)C(C)CC(C)C)c(C)s1. The van der Waals surface area contributed by atoms with Gasteiger partial charge in [-0.1, -0.05) is 13.8 Å². The van der Waals surface area contributed by atoms with E-state index in [2.05, 4.69) is 52.6 Å². The number of hydrogen-bond donors (Lipinski definition) is 1. The van der Waals surface area contributed by atoms with Crippen LogP contribution in [0.15, 0.2) is 6.07 Å². The van der Waals surface area contributed by atoms with Crippen LogP contribution in [0.4, 0.5) is 0 Å². The first-order valence-corrected chi connectivity index (χ1v) is 7.67. The van der Waals surface area contributed by atoms with Crippen molar-refractivity contribution in [3.05, 3.63) is 21.4 Å². The minimum absolute atomic E-state index is 0.351. The Morgan fingerprint density at radius 2 is 1.89 bits per heavy atom. The van der Waals surface area contributed by atoms with Gasteiger partial charge in [-0.2, -0.15) is 0 Å². The van der Waals surface area contributed by atoms with E-state index < -0.39 is 0 Å². The van der Waals surface area contributed by atoms with Crippen LogP contribution in [0.5, 0.6) is 0 Å².